The Balaban J connectivity index is 0.00000280. The van der Waals surface area contributed by atoms with Gasteiger partial charge in [0.1, 0.15) is 0 Å². The van der Waals surface area contributed by atoms with Crippen molar-refractivity contribution in [3.05, 3.63) is 35.9 Å². The molecule has 0 saturated carbocycles. The summed E-state index contributed by atoms with van der Waals surface area (Å²) in [5, 5.41) is 6.99. The highest BCUT2D eigenvalue weighted by Crippen LogP contribution is 2.33. The van der Waals surface area contributed by atoms with E-state index < -0.39 is 0 Å². The van der Waals surface area contributed by atoms with Crippen molar-refractivity contribution in [1.29, 1.82) is 0 Å². The third-order valence-electron chi connectivity index (χ3n) is 5.81. The fourth-order valence-corrected chi connectivity index (χ4v) is 4.35. The number of rotatable bonds is 7. The molecule has 0 aliphatic carbocycles. The third kappa shape index (κ3) is 6.59. The second-order valence-electron chi connectivity index (χ2n) is 7.63. The molecule has 2 fully saturated rings. The van der Waals surface area contributed by atoms with E-state index in [2.05, 4.69) is 59.7 Å². The minimum atomic E-state index is 0. The Morgan fingerprint density at radius 3 is 2.71 bits per heavy atom. The quantitative estimate of drug-likeness (QED) is 0.340. The van der Waals surface area contributed by atoms with Gasteiger partial charge in [-0.05, 0) is 51.3 Å². The number of hydrogen-bond donors (Lipinski definition) is 2. The maximum absolute atomic E-state index is 6.12. The van der Waals surface area contributed by atoms with Crippen molar-refractivity contribution in [2.24, 2.45) is 10.9 Å². The van der Waals surface area contributed by atoms with Crippen LogP contribution in [0, 0.1) is 5.92 Å². The van der Waals surface area contributed by atoms with Crippen LogP contribution in [0.15, 0.2) is 35.3 Å². The van der Waals surface area contributed by atoms with Gasteiger partial charge in [0, 0.05) is 38.2 Å². The molecule has 0 spiro atoms. The van der Waals surface area contributed by atoms with Gasteiger partial charge in [-0.2, -0.15) is 0 Å². The summed E-state index contributed by atoms with van der Waals surface area (Å²) in [5.41, 5.74) is 1.28. The number of nitrogens with one attached hydrogen (secondary N) is 2. The van der Waals surface area contributed by atoms with Crippen LogP contribution in [0.2, 0.25) is 0 Å². The Bertz CT molecular complexity index is 583. The topological polar surface area (TPSA) is 48.9 Å². The molecule has 3 unspecified atom stereocenters. The van der Waals surface area contributed by atoms with Gasteiger partial charge in [-0.1, -0.05) is 37.3 Å². The summed E-state index contributed by atoms with van der Waals surface area (Å²) in [6.45, 7) is 10.3. The van der Waals surface area contributed by atoms with Gasteiger partial charge in [-0.25, -0.2) is 0 Å². The monoisotopic (exact) mass is 500 g/mol. The highest BCUT2D eigenvalue weighted by atomic mass is 127. The number of hydrogen-bond acceptors (Lipinski definition) is 3. The van der Waals surface area contributed by atoms with E-state index in [4.69, 9.17) is 9.73 Å². The molecule has 2 aliphatic rings. The number of benzene rings is 1. The fraction of sp³-hybridized carbons (Fsp3) is 0.682. The molecule has 0 aromatic heterocycles. The van der Waals surface area contributed by atoms with Gasteiger partial charge in [-0.15, -0.1) is 24.0 Å². The van der Waals surface area contributed by atoms with Crippen molar-refractivity contribution < 1.29 is 4.74 Å². The first kappa shape index (κ1) is 23.4. The minimum absolute atomic E-state index is 0. The van der Waals surface area contributed by atoms with Gasteiger partial charge in [0.05, 0.1) is 6.10 Å². The van der Waals surface area contributed by atoms with Crippen molar-refractivity contribution in [2.75, 3.05) is 39.3 Å². The Hall–Kier alpha value is -0.860. The Morgan fingerprint density at radius 2 is 1.96 bits per heavy atom. The number of nitrogens with zero attached hydrogens (tertiary/aromatic N) is 2. The first-order valence-electron chi connectivity index (χ1n) is 10.7. The molecule has 158 valence electrons. The zero-order chi connectivity index (χ0) is 18.9. The van der Waals surface area contributed by atoms with Gasteiger partial charge in [0.25, 0.3) is 0 Å². The number of aliphatic imine (C=N–C) groups is 1. The van der Waals surface area contributed by atoms with Crippen LogP contribution in [0.1, 0.15) is 51.2 Å². The highest BCUT2D eigenvalue weighted by molar-refractivity contribution is 14.0. The molecule has 28 heavy (non-hydrogen) atoms. The molecule has 2 aliphatic heterocycles. The van der Waals surface area contributed by atoms with E-state index in [1.807, 2.05) is 0 Å². The first-order valence-corrected chi connectivity index (χ1v) is 10.7. The van der Waals surface area contributed by atoms with Crippen LogP contribution in [0.25, 0.3) is 0 Å². The van der Waals surface area contributed by atoms with Crippen molar-refractivity contribution >= 4 is 29.9 Å². The zero-order valence-electron chi connectivity index (χ0n) is 17.4. The predicted molar refractivity (Wildman–Crippen MR) is 128 cm³/mol. The lowest BCUT2D eigenvalue weighted by Crippen LogP contribution is -2.45. The first-order chi connectivity index (χ1) is 13.3. The second kappa shape index (κ2) is 12.6. The van der Waals surface area contributed by atoms with E-state index in [-0.39, 0.29) is 30.1 Å². The Morgan fingerprint density at radius 1 is 1.14 bits per heavy atom. The van der Waals surface area contributed by atoms with Gasteiger partial charge in [-0.3, -0.25) is 9.89 Å². The van der Waals surface area contributed by atoms with E-state index in [1.165, 1.54) is 31.4 Å². The van der Waals surface area contributed by atoms with Crippen LogP contribution in [0.4, 0.5) is 0 Å². The van der Waals surface area contributed by atoms with Crippen LogP contribution in [0.3, 0.4) is 0 Å². The summed E-state index contributed by atoms with van der Waals surface area (Å²) in [4.78, 5) is 7.49. The maximum atomic E-state index is 6.12. The predicted octanol–water partition coefficient (Wildman–Crippen LogP) is 3.81. The molecule has 0 radical (unpaired) electrons. The van der Waals surface area contributed by atoms with Crippen LogP contribution in [-0.2, 0) is 4.74 Å². The summed E-state index contributed by atoms with van der Waals surface area (Å²) in [5.74, 6) is 1.38. The summed E-state index contributed by atoms with van der Waals surface area (Å²) < 4.78 is 6.12. The number of ether oxygens (including phenoxy) is 1. The lowest BCUT2D eigenvalue weighted by molar-refractivity contribution is -0.0250. The van der Waals surface area contributed by atoms with Crippen molar-refractivity contribution in [1.82, 2.24) is 15.5 Å². The van der Waals surface area contributed by atoms with Gasteiger partial charge in [0.15, 0.2) is 5.96 Å². The second-order valence-corrected chi connectivity index (χ2v) is 7.63. The SMILES string of the molecule is CCNC(=NCC1CCCOC1c1ccccc1)NCC1CCCN1CC.I. The number of guanidine groups is 1. The minimum Gasteiger partial charge on any atom is -0.373 e. The van der Waals surface area contributed by atoms with Crippen LogP contribution >= 0.6 is 24.0 Å². The van der Waals surface area contributed by atoms with Crippen LogP contribution in [-0.4, -0.2) is 56.2 Å². The molecule has 6 heteroatoms. The third-order valence-corrected chi connectivity index (χ3v) is 5.81. The maximum Gasteiger partial charge on any atom is 0.191 e. The standard InChI is InChI=1S/C22H36N4O.HI/c1-3-23-22(25-17-20-13-8-14-26(20)4-2)24-16-19-12-9-15-27-21(19)18-10-6-5-7-11-18;/h5-7,10-11,19-21H,3-4,8-9,12-17H2,1-2H3,(H2,23,24,25);1H. The average Bonchev–Trinajstić information content (AvgIpc) is 3.18. The van der Waals surface area contributed by atoms with E-state index in [0.29, 0.717) is 12.0 Å². The normalized spacial score (nSPS) is 25.9. The van der Waals surface area contributed by atoms with E-state index in [9.17, 15) is 0 Å². The van der Waals surface area contributed by atoms with Crippen LogP contribution in [0.5, 0.6) is 0 Å². The van der Waals surface area contributed by atoms with E-state index in [1.54, 1.807) is 0 Å². The number of halogens is 1. The molecule has 3 atom stereocenters. The lowest BCUT2D eigenvalue weighted by atomic mass is 9.89. The lowest BCUT2D eigenvalue weighted by Gasteiger charge is -2.31. The fourth-order valence-electron chi connectivity index (χ4n) is 4.35. The molecule has 2 heterocycles. The Labute approximate surface area is 187 Å². The van der Waals surface area contributed by atoms with Gasteiger partial charge >= 0.3 is 0 Å². The molecule has 3 rings (SSSR count). The molecule has 0 amide bonds. The molecule has 2 N–H and O–H groups in total. The Kier molecular flexibility index (Phi) is 10.6. The van der Waals surface area contributed by atoms with Crippen molar-refractivity contribution in [2.45, 2.75) is 51.7 Å². The summed E-state index contributed by atoms with van der Waals surface area (Å²) in [6, 6.07) is 11.2. The van der Waals surface area contributed by atoms with Crippen LogP contribution < -0.4 is 10.6 Å². The number of likely N-dealkylation sites (tertiary alicyclic amines) is 1. The van der Waals surface area contributed by atoms with E-state index >= 15 is 0 Å². The molecule has 0 bridgehead atoms. The molecular formula is C22H37IN4O. The summed E-state index contributed by atoms with van der Waals surface area (Å²) in [6.07, 6.45) is 5.06. The van der Waals surface area contributed by atoms with Gasteiger partial charge < -0.3 is 15.4 Å². The highest BCUT2D eigenvalue weighted by Gasteiger charge is 2.27. The summed E-state index contributed by atoms with van der Waals surface area (Å²) >= 11 is 0. The smallest absolute Gasteiger partial charge is 0.191 e. The van der Waals surface area contributed by atoms with Crippen molar-refractivity contribution in [3.63, 3.8) is 0 Å². The van der Waals surface area contributed by atoms with Crippen molar-refractivity contribution in [3.8, 4) is 0 Å². The molecule has 2 saturated heterocycles. The average molecular weight is 500 g/mol. The molecular weight excluding hydrogens is 463 g/mol. The summed E-state index contributed by atoms with van der Waals surface area (Å²) in [7, 11) is 0. The molecule has 1 aromatic carbocycles. The van der Waals surface area contributed by atoms with E-state index in [0.717, 1.165) is 45.2 Å². The molecule has 1 aromatic rings. The van der Waals surface area contributed by atoms with Gasteiger partial charge in [0.2, 0.25) is 0 Å². The largest absolute Gasteiger partial charge is 0.373 e. The zero-order valence-corrected chi connectivity index (χ0v) is 19.7. The molecule has 5 nitrogen and oxygen atoms in total. The number of likely N-dealkylation sites (N-methyl/N-ethyl adjacent to an activating group) is 1.